The van der Waals surface area contributed by atoms with Crippen LogP contribution in [0.5, 0.6) is 0 Å². The molecule has 1 aromatic rings. The van der Waals surface area contributed by atoms with E-state index in [9.17, 15) is 4.79 Å². The summed E-state index contributed by atoms with van der Waals surface area (Å²) in [6.07, 6.45) is 4.81. The molecule has 5 nitrogen and oxygen atoms in total. The number of aryl methyl sites for hydroxylation is 1. The maximum absolute atomic E-state index is 11.9. The van der Waals surface area contributed by atoms with Crippen molar-refractivity contribution in [2.45, 2.75) is 38.6 Å². The fraction of sp³-hybridized carbons (Fsp3) is 0.643. The predicted molar refractivity (Wildman–Crippen MR) is 71.3 cm³/mol. The molecule has 0 unspecified atom stereocenters. The summed E-state index contributed by atoms with van der Waals surface area (Å²) in [5, 5.41) is 2.87. The second-order valence-electron chi connectivity index (χ2n) is 5.84. The molecule has 0 aromatic carbocycles. The number of hydrogen-bond donors (Lipinski definition) is 1. The van der Waals surface area contributed by atoms with Crippen molar-refractivity contribution < 1.29 is 4.79 Å². The molecule has 1 N–H and O–H groups in total. The van der Waals surface area contributed by atoms with E-state index in [1.54, 1.807) is 0 Å². The van der Waals surface area contributed by atoms with Gasteiger partial charge in [0.2, 0.25) is 0 Å². The summed E-state index contributed by atoms with van der Waals surface area (Å²) in [5.74, 6) is 2.53. The van der Waals surface area contributed by atoms with Crippen LogP contribution in [0.15, 0.2) is 0 Å². The summed E-state index contributed by atoms with van der Waals surface area (Å²) in [5.41, 5.74) is 1.65. The maximum atomic E-state index is 11.9. The Labute approximate surface area is 112 Å². The fourth-order valence-electron chi connectivity index (χ4n) is 3.76. The van der Waals surface area contributed by atoms with Crippen LogP contribution in [0.1, 0.15) is 41.1 Å². The minimum atomic E-state index is -0.0449. The summed E-state index contributed by atoms with van der Waals surface area (Å²) >= 11 is 0. The lowest BCUT2D eigenvalue weighted by Gasteiger charge is -2.46. The lowest BCUT2D eigenvalue weighted by atomic mass is 9.90. The van der Waals surface area contributed by atoms with Crippen LogP contribution in [0.3, 0.4) is 0 Å². The third-order valence-corrected chi connectivity index (χ3v) is 4.70. The normalized spacial score (nSPS) is 28.5. The lowest BCUT2D eigenvalue weighted by Crippen LogP contribution is -2.54. The first-order valence-electron chi connectivity index (χ1n) is 7.16. The summed E-state index contributed by atoms with van der Waals surface area (Å²) in [7, 11) is 0. The Kier molecular flexibility index (Phi) is 2.31. The monoisotopic (exact) mass is 258 g/mol. The predicted octanol–water partition coefficient (Wildman–Crippen LogP) is 1.06. The second-order valence-corrected chi connectivity index (χ2v) is 5.84. The highest BCUT2D eigenvalue weighted by atomic mass is 16.1. The Hall–Kier alpha value is -1.65. The fourth-order valence-corrected chi connectivity index (χ4v) is 3.76. The van der Waals surface area contributed by atoms with Crippen LogP contribution in [-0.4, -0.2) is 35.0 Å². The summed E-state index contributed by atoms with van der Waals surface area (Å²) in [4.78, 5) is 23.3. The zero-order valence-corrected chi connectivity index (χ0v) is 11.1. The highest BCUT2D eigenvalue weighted by Gasteiger charge is 2.44. The standard InChI is InChI=1S/C14H18N4O/c1-8-16-12-10(5-6-15-14(12)19)13(17-8)18-7-9-3-2-4-11(9)18/h9,11H,2-7H2,1H3,(H,15,19)/t9-,11-/m0/s1. The van der Waals surface area contributed by atoms with Gasteiger partial charge in [0.25, 0.3) is 5.91 Å². The topological polar surface area (TPSA) is 58.1 Å². The highest BCUT2D eigenvalue weighted by Crippen LogP contribution is 2.42. The third-order valence-electron chi connectivity index (χ3n) is 4.70. The molecule has 1 saturated heterocycles. The molecule has 1 amide bonds. The molecule has 5 heteroatoms. The van der Waals surface area contributed by atoms with Gasteiger partial charge in [0.15, 0.2) is 0 Å². The number of hydrogen-bond acceptors (Lipinski definition) is 4. The highest BCUT2D eigenvalue weighted by molar-refractivity contribution is 5.96. The van der Waals surface area contributed by atoms with Gasteiger partial charge in [-0.2, -0.15) is 0 Å². The van der Waals surface area contributed by atoms with Crippen molar-refractivity contribution in [1.82, 2.24) is 15.3 Å². The number of amides is 1. The summed E-state index contributed by atoms with van der Waals surface area (Å²) in [6, 6.07) is 0.656. The zero-order valence-electron chi connectivity index (χ0n) is 11.1. The van der Waals surface area contributed by atoms with Crippen LogP contribution >= 0.6 is 0 Å². The Bertz CT molecular complexity index is 557. The van der Waals surface area contributed by atoms with E-state index in [1.807, 2.05) is 6.92 Å². The smallest absolute Gasteiger partial charge is 0.270 e. The molecule has 0 spiro atoms. The van der Waals surface area contributed by atoms with Gasteiger partial charge in [0.1, 0.15) is 17.3 Å². The van der Waals surface area contributed by atoms with Gasteiger partial charge in [0, 0.05) is 24.7 Å². The first-order chi connectivity index (χ1) is 9.24. The largest absolute Gasteiger partial charge is 0.353 e. The molecule has 4 rings (SSSR count). The molecular formula is C14H18N4O. The first-order valence-corrected chi connectivity index (χ1v) is 7.16. The zero-order chi connectivity index (χ0) is 13.0. The van der Waals surface area contributed by atoms with E-state index in [4.69, 9.17) is 0 Å². The number of anilines is 1. The molecule has 19 heavy (non-hydrogen) atoms. The number of fused-ring (bicyclic) bond motifs is 2. The van der Waals surface area contributed by atoms with E-state index in [2.05, 4.69) is 20.2 Å². The van der Waals surface area contributed by atoms with Crippen molar-refractivity contribution >= 4 is 11.7 Å². The van der Waals surface area contributed by atoms with Crippen molar-refractivity contribution in [2.75, 3.05) is 18.0 Å². The molecule has 2 aliphatic heterocycles. The molecule has 0 radical (unpaired) electrons. The van der Waals surface area contributed by atoms with Crippen LogP contribution in [0.4, 0.5) is 5.82 Å². The van der Waals surface area contributed by atoms with Crippen molar-refractivity contribution in [2.24, 2.45) is 5.92 Å². The van der Waals surface area contributed by atoms with Gasteiger partial charge in [0.05, 0.1) is 0 Å². The number of nitrogens with one attached hydrogen (secondary N) is 1. The van der Waals surface area contributed by atoms with Gasteiger partial charge in [-0.05, 0) is 32.1 Å². The molecule has 2 fully saturated rings. The Morgan fingerprint density at radius 3 is 3.05 bits per heavy atom. The van der Waals surface area contributed by atoms with Gasteiger partial charge in [-0.1, -0.05) is 6.42 Å². The number of carbonyl (C=O) groups excluding carboxylic acids is 1. The molecule has 2 atom stereocenters. The van der Waals surface area contributed by atoms with Crippen LogP contribution in [0, 0.1) is 12.8 Å². The van der Waals surface area contributed by atoms with Crippen molar-refractivity contribution in [3.63, 3.8) is 0 Å². The molecule has 0 bridgehead atoms. The number of aromatic nitrogens is 2. The molecule has 3 aliphatic rings. The van der Waals surface area contributed by atoms with E-state index < -0.39 is 0 Å². The summed E-state index contributed by atoms with van der Waals surface area (Å²) in [6.45, 7) is 3.68. The van der Waals surface area contributed by atoms with Crippen molar-refractivity contribution in [3.8, 4) is 0 Å². The second kappa shape index (κ2) is 3.92. The third kappa shape index (κ3) is 1.57. The molecule has 1 aromatic heterocycles. The quantitative estimate of drug-likeness (QED) is 0.818. The Morgan fingerprint density at radius 1 is 1.32 bits per heavy atom. The van der Waals surface area contributed by atoms with Gasteiger partial charge in [-0.3, -0.25) is 4.79 Å². The molecule has 100 valence electrons. The van der Waals surface area contributed by atoms with Gasteiger partial charge in [-0.25, -0.2) is 9.97 Å². The molecular weight excluding hydrogens is 240 g/mol. The van der Waals surface area contributed by atoms with E-state index in [0.717, 1.165) is 30.3 Å². The van der Waals surface area contributed by atoms with E-state index in [1.165, 1.54) is 19.3 Å². The van der Waals surface area contributed by atoms with Gasteiger partial charge < -0.3 is 10.2 Å². The first kappa shape index (κ1) is 11.2. The summed E-state index contributed by atoms with van der Waals surface area (Å²) < 4.78 is 0. The number of carbonyl (C=O) groups is 1. The van der Waals surface area contributed by atoms with Crippen LogP contribution in [0.2, 0.25) is 0 Å². The maximum Gasteiger partial charge on any atom is 0.270 e. The van der Waals surface area contributed by atoms with Gasteiger partial charge in [-0.15, -0.1) is 0 Å². The molecule has 3 heterocycles. The number of nitrogens with zero attached hydrogens (tertiary/aromatic N) is 3. The van der Waals surface area contributed by atoms with Crippen molar-refractivity contribution in [3.05, 3.63) is 17.1 Å². The average molecular weight is 258 g/mol. The van der Waals surface area contributed by atoms with Crippen molar-refractivity contribution in [1.29, 1.82) is 0 Å². The Morgan fingerprint density at radius 2 is 2.21 bits per heavy atom. The minimum Gasteiger partial charge on any atom is -0.353 e. The average Bonchev–Trinajstić information content (AvgIpc) is 2.72. The molecule has 1 saturated carbocycles. The molecule has 1 aliphatic carbocycles. The van der Waals surface area contributed by atoms with Gasteiger partial charge >= 0.3 is 0 Å². The van der Waals surface area contributed by atoms with E-state index >= 15 is 0 Å². The minimum absolute atomic E-state index is 0.0449. The van der Waals surface area contributed by atoms with E-state index in [0.29, 0.717) is 24.1 Å². The Balaban J connectivity index is 1.77. The SMILES string of the molecule is Cc1nc2c(c(N3C[C@@H]4CCC[C@@H]43)n1)CCNC2=O. The van der Waals surface area contributed by atoms with Crippen LogP contribution < -0.4 is 10.2 Å². The van der Waals surface area contributed by atoms with Crippen LogP contribution in [-0.2, 0) is 6.42 Å². The van der Waals surface area contributed by atoms with Crippen LogP contribution in [0.25, 0.3) is 0 Å². The lowest BCUT2D eigenvalue weighted by molar-refractivity contribution is 0.0940. The number of rotatable bonds is 1. The van der Waals surface area contributed by atoms with E-state index in [-0.39, 0.29) is 5.91 Å².